The van der Waals surface area contributed by atoms with E-state index >= 15 is 0 Å². The fourth-order valence-electron chi connectivity index (χ4n) is 4.09. The molecule has 10 heteroatoms. The van der Waals surface area contributed by atoms with Crippen molar-refractivity contribution in [3.05, 3.63) is 93.7 Å². The lowest BCUT2D eigenvalue weighted by Gasteiger charge is -2.36. The summed E-state index contributed by atoms with van der Waals surface area (Å²) in [5, 5.41) is 0.432. The van der Waals surface area contributed by atoms with Crippen LogP contribution in [0.1, 0.15) is 17.2 Å². The molecule has 1 aliphatic rings. The maximum Gasteiger partial charge on any atom is 0.243 e. The molecule has 0 radical (unpaired) electrons. The zero-order valence-electron chi connectivity index (χ0n) is 19.7. The first kappa shape index (κ1) is 26.9. The highest BCUT2D eigenvalue weighted by Gasteiger charge is 2.30. The van der Waals surface area contributed by atoms with Gasteiger partial charge in [0.15, 0.2) is 0 Å². The molecule has 0 unspecified atom stereocenters. The van der Waals surface area contributed by atoms with Gasteiger partial charge in [0.2, 0.25) is 10.0 Å². The van der Waals surface area contributed by atoms with E-state index in [4.69, 9.17) is 32.7 Å². The predicted octanol–water partition coefficient (Wildman–Crippen LogP) is 5.41. The highest BCUT2D eigenvalue weighted by molar-refractivity contribution is 7.89. The minimum atomic E-state index is -3.77. The Kier molecular flexibility index (Phi) is 8.87. The fraction of sp³-hybridized carbons (Fsp3) is 0.308. The summed E-state index contributed by atoms with van der Waals surface area (Å²) in [5.74, 6) is 0.0829. The van der Waals surface area contributed by atoms with Crippen molar-refractivity contribution in [2.24, 2.45) is 0 Å². The van der Waals surface area contributed by atoms with E-state index in [1.807, 2.05) is 48.5 Å². The van der Waals surface area contributed by atoms with Gasteiger partial charge in [-0.3, -0.25) is 4.90 Å². The summed E-state index contributed by atoms with van der Waals surface area (Å²) in [6.07, 6.45) is -0.266. The van der Waals surface area contributed by atoms with Gasteiger partial charge in [0.25, 0.3) is 0 Å². The summed E-state index contributed by atoms with van der Waals surface area (Å²) in [6, 6.07) is 18.7. The molecule has 0 N–H and O–H groups in total. The van der Waals surface area contributed by atoms with Crippen molar-refractivity contribution < 1.29 is 22.3 Å². The van der Waals surface area contributed by atoms with Gasteiger partial charge in [0, 0.05) is 37.7 Å². The number of halogens is 3. The first-order chi connectivity index (χ1) is 17.3. The first-order valence-corrected chi connectivity index (χ1v) is 13.6. The molecule has 3 aromatic rings. The maximum absolute atomic E-state index is 13.5. The van der Waals surface area contributed by atoms with Gasteiger partial charge in [-0.15, -0.1) is 0 Å². The molecule has 0 aliphatic carbocycles. The van der Waals surface area contributed by atoms with E-state index in [0.717, 1.165) is 29.0 Å². The number of sulfonamides is 1. The van der Waals surface area contributed by atoms with Crippen molar-refractivity contribution in [2.75, 3.05) is 39.8 Å². The summed E-state index contributed by atoms with van der Waals surface area (Å²) in [7, 11) is -2.15. The van der Waals surface area contributed by atoms with Gasteiger partial charge >= 0.3 is 0 Å². The highest BCUT2D eigenvalue weighted by Crippen LogP contribution is 2.27. The molecule has 1 fully saturated rings. The Morgan fingerprint density at radius 2 is 1.72 bits per heavy atom. The molecule has 3 aromatic carbocycles. The molecule has 1 aliphatic heterocycles. The van der Waals surface area contributed by atoms with Crippen LogP contribution >= 0.6 is 23.2 Å². The lowest BCUT2D eigenvalue weighted by atomic mass is 10.1. The Hall–Kier alpha value is -2.20. The lowest BCUT2D eigenvalue weighted by molar-refractivity contribution is 0.00763. The molecule has 192 valence electrons. The Balaban J connectivity index is 1.44. The maximum atomic E-state index is 13.5. The molecular weight excluding hydrogens is 526 g/mol. The van der Waals surface area contributed by atoms with Crippen LogP contribution in [0.3, 0.4) is 0 Å². The molecular formula is C26H27Cl2FN2O4S. The fourth-order valence-corrected chi connectivity index (χ4v) is 6.00. The predicted molar refractivity (Wildman–Crippen MR) is 139 cm³/mol. The van der Waals surface area contributed by atoms with Crippen molar-refractivity contribution in [1.29, 1.82) is 0 Å². The van der Waals surface area contributed by atoms with E-state index < -0.39 is 15.8 Å². The smallest absolute Gasteiger partial charge is 0.243 e. The minimum Gasteiger partial charge on any atom is -0.497 e. The van der Waals surface area contributed by atoms with E-state index in [9.17, 15) is 12.8 Å². The monoisotopic (exact) mass is 552 g/mol. The molecule has 36 heavy (non-hydrogen) atoms. The third kappa shape index (κ3) is 6.56. The minimum absolute atomic E-state index is 0.0125. The second kappa shape index (κ2) is 11.9. The third-order valence-electron chi connectivity index (χ3n) is 6.09. The van der Waals surface area contributed by atoms with E-state index in [1.54, 1.807) is 7.11 Å². The molecule has 0 spiro atoms. The summed E-state index contributed by atoms with van der Waals surface area (Å²) in [6.45, 7) is 2.60. The average Bonchev–Trinajstić information content (AvgIpc) is 2.88. The Morgan fingerprint density at radius 3 is 2.42 bits per heavy atom. The topological polar surface area (TPSA) is 59.1 Å². The summed E-state index contributed by atoms with van der Waals surface area (Å²) >= 11 is 11.9. The standard InChI is InChI=1S/C26H27Cl2FN2O4S/c1-34-22-7-3-5-20(15-22)26(35-18-19-4-2-6-21(27)14-19)17-30-10-12-31(13-11-30)36(32,33)23-8-9-25(29)24(28)16-23/h2-9,14-16,26H,10-13,17-18H2,1H3/t26-/m1/s1. The average molecular weight is 553 g/mol. The summed E-state index contributed by atoms with van der Waals surface area (Å²) in [5.41, 5.74) is 1.93. The third-order valence-corrected chi connectivity index (χ3v) is 8.51. The quantitative estimate of drug-likeness (QED) is 0.355. The van der Waals surface area contributed by atoms with Crippen LogP contribution < -0.4 is 4.74 Å². The van der Waals surface area contributed by atoms with Gasteiger partial charge in [-0.05, 0) is 53.6 Å². The number of hydrogen-bond donors (Lipinski definition) is 0. The van der Waals surface area contributed by atoms with E-state index in [2.05, 4.69) is 4.90 Å². The van der Waals surface area contributed by atoms with Crippen LogP contribution in [0, 0.1) is 5.82 Å². The number of methoxy groups -OCH3 is 1. The van der Waals surface area contributed by atoms with Gasteiger partial charge in [-0.2, -0.15) is 4.31 Å². The van der Waals surface area contributed by atoms with Crippen LogP contribution in [-0.2, 0) is 21.4 Å². The van der Waals surface area contributed by atoms with Crippen LogP contribution in [0.25, 0.3) is 0 Å². The molecule has 0 aromatic heterocycles. The van der Waals surface area contributed by atoms with E-state index in [1.165, 1.54) is 10.4 Å². The van der Waals surface area contributed by atoms with Crippen LogP contribution in [0.15, 0.2) is 71.6 Å². The molecule has 0 bridgehead atoms. The summed E-state index contributed by atoms with van der Waals surface area (Å²) in [4.78, 5) is 2.16. The lowest BCUT2D eigenvalue weighted by Crippen LogP contribution is -2.49. The molecule has 1 heterocycles. The second-order valence-electron chi connectivity index (χ2n) is 8.49. The van der Waals surface area contributed by atoms with Gasteiger partial charge in [-0.1, -0.05) is 47.5 Å². The molecule has 1 atom stereocenters. The zero-order valence-corrected chi connectivity index (χ0v) is 22.1. The number of benzene rings is 3. The van der Waals surface area contributed by atoms with Crippen molar-refractivity contribution >= 4 is 33.2 Å². The van der Waals surface area contributed by atoms with Crippen LogP contribution in [0.4, 0.5) is 4.39 Å². The van der Waals surface area contributed by atoms with Gasteiger partial charge in [0.05, 0.1) is 29.7 Å². The Morgan fingerprint density at radius 1 is 0.972 bits per heavy atom. The van der Waals surface area contributed by atoms with Crippen LogP contribution in [-0.4, -0.2) is 57.5 Å². The number of rotatable bonds is 9. The highest BCUT2D eigenvalue weighted by atomic mass is 35.5. The number of piperazine rings is 1. The molecule has 0 amide bonds. The SMILES string of the molecule is COc1cccc([C@@H](CN2CCN(S(=O)(=O)c3ccc(F)c(Cl)c3)CC2)OCc2cccc(Cl)c2)c1. The normalized spacial score (nSPS) is 16.1. The second-order valence-corrected chi connectivity index (χ2v) is 11.3. The Bertz CT molecular complexity index is 1300. The van der Waals surface area contributed by atoms with Crippen molar-refractivity contribution in [1.82, 2.24) is 9.21 Å². The number of hydrogen-bond acceptors (Lipinski definition) is 5. The zero-order chi connectivity index (χ0) is 25.7. The van der Waals surface area contributed by atoms with Crippen LogP contribution in [0.2, 0.25) is 10.0 Å². The Labute approximate surface area is 221 Å². The van der Waals surface area contributed by atoms with Gasteiger partial charge < -0.3 is 9.47 Å². The van der Waals surface area contributed by atoms with Crippen molar-refractivity contribution in [3.63, 3.8) is 0 Å². The summed E-state index contributed by atoms with van der Waals surface area (Å²) < 4.78 is 52.7. The molecule has 1 saturated heterocycles. The molecule has 6 nitrogen and oxygen atoms in total. The van der Waals surface area contributed by atoms with E-state index in [0.29, 0.717) is 44.4 Å². The van der Waals surface area contributed by atoms with Gasteiger partial charge in [-0.25, -0.2) is 12.8 Å². The number of nitrogens with zero attached hydrogens (tertiary/aromatic N) is 2. The van der Waals surface area contributed by atoms with E-state index in [-0.39, 0.29) is 16.0 Å². The first-order valence-electron chi connectivity index (χ1n) is 11.4. The van der Waals surface area contributed by atoms with Crippen molar-refractivity contribution in [3.8, 4) is 5.75 Å². The molecule has 0 saturated carbocycles. The largest absolute Gasteiger partial charge is 0.497 e. The van der Waals surface area contributed by atoms with Crippen LogP contribution in [0.5, 0.6) is 5.75 Å². The number of ether oxygens (including phenoxy) is 2. The van der Waals surface area contributed by atoms with Gasteiger partial charge in [0.1, 0.15) is 11.6 Å². The van der Waals surface area contributed by atoms with Crippen molar-refractivity contribution in [2.45, 2.75) is 17.6 Å². The molecule has 4 rings (SSSR count).